The fourth-order valence-electron chi connectivity index (χ4n) is 2.05. The molecule has 1 aliphatic carbocycles. The van der Waals surface area contributed by atoms with Gasteiger partial charge in [-0.2, -0.15) is 0 Å². The molecule has 1 aliphatic rings. The maximum atomic E-state index is 9.02. The van der Waals surface area contributed by atoms with Gasteiger partial charge in [0.05, 0.1) is 3.79 Å². The molecule has 15 heavy (non-hydrogen) atoms. The van der Waals surface area contributed by atoms with Gasteiger partial charge in [0.2, 0.25) is 0 Å². The molecular weight excluding hydrogens is 274 g/mol. The minimum absolute atomic E-state index is 0.227. The van der Waals surface area contributed by atoms with Gasteiger partial charge in [-0.15, -0.1) is 11.3 Å². The zero-order valence-corrected chi connectivity index (χ0v) is 11.0. The van der Waals surface area contributed by atoms with Crippen LogP contribution in [0.4, 0.5) is 0 Å². The minimum atomic E-state index is 0.227. The largest absolute Gasteiger partial charge is 0.396 e. The second kappa shape index (κ2) is 4.95. The number of nitrogens with one attached hydrogen (secondary N) is 1. The highest BCUT2D eigenvalue weighted by atomic mass is 79.9. The topological polar surface area (TPSA) is 32.3 Å². The molecule has 1 aromatic heterocycles. The zero-order chi connectivity index (χ0) is 10.7. The van der Waals surface area contributed by atoms with E-state index in [9.17, 15) is 0 Å². The summed E-state index contributed by atoms with van der Waals surface area (Å²) >= 11 is 5.24. The van der Waals surface area contributed by atoms with Crippen LogP contribution >= 0.6 is 27.3 Å². The van der Waals surface area contributed by atoms with Crippen LogP contribution in [0.25, 0.3) is 0 Å². The summed E-state index contributed by atoms with van der Waals surface area (Å²) in [5.74, 6) is 0. The molecule has 0 saturated heterocycles. The van der Waals surface area contributed by atoms with Crippen molar-refractivity contribution in [3.8, 4) is 0 Å². The second-order valence-corrected chi connectivity index (χ2v) is 6.71. The Labute approximate surface area is 103 Å². The second-order valence-electron chi connectivity index (χ2n) is 4.17. The molecule has 4 heteroatoms. The molecule has 0 aliphatic heterocycles. The maximum Gasteiger partial charge on any atom is 0.0701 e. The van der Waals surface area contributed by atoms with Crippen LogP contribution in [0.3, 0.4) is 0 Å². The SMILES string of the molecule is OCCC1(NCc2ccc(Br)s2)CCC1. The smallest absolute Gasteiger partial charge is 0.0701 e. The van der Waals surface area contributed by atoms with Gasteiger partial charge in [-0.1, -0.05) is 0 Å². The van der Waals surface area contributed by atoms with E-state index < -0.39 is 0 Å². The van der Waals surface area contributed by atoms with Crippen LogP contribution in [0, 0.1) is 0 Å². The predicted molar refractivity (Wildman–Crippen MR) is 67.1 cm³/mol. The number of thiophene rings is 1. The van der Waals surface area contributed by atoms with E-state index in [1.807, 2.05) is 0 Å². The van der Waals surface area contributed by atoms with E-state index in [0.29, 0.717) is 6.61 Å². The fourth-order valence-corrected chi connectivity index (χ4v) is 3.48. The standard InChI is InChI=1S/C11H16BrNOS/c12-10-3-2-9(15-10)8-13-11(6-7-14)4-1-5-11/h2-3,13-14H,1,4-8H2. The molecule has 1 aromatic rings. The van der Waals surface area contributed by atoms with Crippen molar-refractivity contribution in [3.63, 3.8) is 0 Å². The molecule has 0 amide bonds. The summed E-state index contributed by atoms with van der Waals surface area (Å²) in [6.45, 7) is 1.22. The molecule has 1 heterocycles. The lowest BCUT2D eigenvalue weighted by atomic mass is 9.74. The zero-order valence-electron chi connectivity index (χ0n) is 8.63. The summed E-state index contributed by atoms with van der Waals surface area (Å²) < 4.78 is 1.18. The van der Waals surface area contributed by atoms with Gasteiger partial charge in [0.25, 0.3) is 0 Å². The number of hydrogen-bond acceptors (Lipinski definition) is 3. The van der Waals surface area contributed by atoms with Gasteiger partial charge in [0.1, 0.15) is 0 Å². The van der Waals surface area contributed by atoms with Crippen molar-refractivity contribution < 1.29 is 5.11 Å². The average Bonchev–Trinajstić information content (AvgIpc) is 2.56. The third kappa shape index (κ3) is 2.81. The predicted octanol–water partition coefficient (Wildman–Crippen LogP) is 2.91. The van der Waals surface area contributed by atoms with Crippen LogP contribution in [0.5, 0.6) is 0 Å². The summed E-state index contributed by atoms with van der Waals surface area (Å²) in [6.07, 6.45) is 4.60. The van der Waals surface area contributed by atoms with E-state index in [2.05, 4.69) is 33.4 Å². The first-order valence-electron chi connectivity index (χ1n) is 5.34. The van der Waals surface area contributed by atoms with Crippen LogP contribution in [-0.4, -0.2) is 17.3 Å². The molecule has 2 nitrogen and oxygen atoms in total. The van der Waals surface area contributed by atoms with Crippen LogP contribution in [0.15, 0.2) is 15.9 Å². The normalized spacial score (nSPS) is 18.8. The van der Waals surface area contributed by atoms with Crippen molar-refractivity contribution in [1.29, 1.82) is 0 Å². The molecule has 0 spiro atoms. The number of hydrogen-bond donors (Lipinski definition) is 2. The van der Waals surface area contributed by atoms with E-state index in [1.165, 1.54) is 27.9 Å². The first-order valence-corrected chi connectivity index (χ1v) is 6.95. The summed E-state index contributed by atoms with van der Waals surface area (Å²) in [7, 11) is 0. The van der Waals surface area contributed by atoms with E-state index in [-0.39, 0.29) is 5.54 Å². The van der Waals surface area contributed by atoms with E-state index in [4.69, 9.17) is 5.11 Å². The molecule has 1 saturated carbocycles. The first kappa shape index (κ1) is 11.6. The van der Waals surface area contributed by atoms with Gasteiger partial charge in [-0.25, -0.2) is 0 Å². The number of aliphatic hydroxyl groups excluding tert-OH is 1. The fraction of sp³-hybridized carbons (Fsp3) is 0.636. The van der Waals surface area contributed by atoms with E-state index in [1.54, 1.807) is 11.3 Å². The number of rotatable bonds is 5. The van der Waals surface area contributed by atoms with Gasteiger partial charge >= 0.3 is 0 Å². The Morgan fingerprint density at radius 2 is 2.27 bits per heavy atom. The Bertz CT molecular complexity index is 322. The van der Waals surface area contributed by atoms with Gasteiger partial charge in [0, 0.05) is 23.6 Å². The molecular formula is C11H16BrNOS. The molecule has 2 N–H and O–H groups in total. The van der Waals surface area contributed by atoms with Crippen molar-refractivity contribution in [1.82, 2.24) is 5.32 Å². The highest BCUT2D eigenvalue weighted by molar-refractivity contribution is 9.11. The van der Waals surface area contributed by atoms with Gasteiger partial charge in [-0.05, 0) is 53.7 Å². The van der Waals surface area contributed by atoms with E-state index in [0.717, 1.165) is 13.0 Å². The van der Waals surface area contributed by atoms with Crippen molar-refractivity contribution >= 4 is 27.3 Å². The lowest BCUT2D eigenvalue weighted by Crippen LogP contribution is -2.51. The van der Waals surface area contributed by atoms with E-state index >= 15 is 0 Å². The Kier molecular flexibility index (Phi) is 3.83. The first-order chi connectivity index (χ1) is 7.24. The van der Waals surface area contributed by atoms with Gasteiger partial charge in [0.15, 0.2) is 0 Å². The minimum Gasteiger partial charge on any atom is -0.396 e. The monoisotopic (exact) mass is 289 g/mol. The molecule has 0 aromatic carbocycles. The van der Waals surface area contributed by atoms with Gasteiger partial charge in [-0.3, -0.25) is 0 Å². The van der Waals surface area contributed by atoms with Crippen LogP contribution in [-0.2, 0) is 6.54 Å². The average molecular weight is 290 g/mol. The highest BCUT2D eigenvalue weighted by Crippen LogP contribution is 2.35. The van der Waals surface area contributed by atoms with Crippen molar-refractivity contribution in [2.45, 2.75) is 37.8 Å². The lowest BCUT2D eigenvalue weighted by molar-refractivity contribution is 0.130. The summed E-state index contributed by atoms with van der Waals surface area (Å²) in [5, 5.41) is 12.6. The quantitative estimate of drug-likeness (QED) is 0.874. The van der Waals surface area contributed by atoms with Crippen molar-refractivity contribution in [3.05, 3.63) is 20.8 Å². The molecule has 1 fully saturated rings. The molecule has 0 radical (unpaired) electrons. The third-order valence-corrected chi connectivity index (χ3v) is 4.79. The number of halogens is 1. The Hall–Kier alpha value is 0.1000. The molecule has 2 rings (SSSR count). The third-order valence-electron chi connectivity index (χ3n) is 3.17. The summed E-state index contributed by atoms with van der Waals surface area (Å²) in [4.78, 5) is 1.35. The Morgan fingerprint density at radius 1 is 1.47 bits per heavy atom. The maximum absolute atomic E-state index is 9.02. The number of aliphatic hydroxyl groups is 1. The van der Waals surface area contributed by atoms with Crippen LogP contribution in [0.1, 0.15) is 30.6 Å². The van der Waals surface area contributed by atoms with Crippen LogP contribution < -0.4 is 5.32 Å². The lowest BCUT2D eigenvalue weighted by Gasteiger charge is -2.42. The molecule has 0 atom stereocenters. The molecule has 84 valence electrons. The Balaban J connectivity index is 1.86. The van der Waals surface area contributed by atoms with Crippen molar-refractivity contribution in [2.24, 2.45) is 0 Å². The van der Waals surface area contributed by atoms with Crippen LogP contribution in [0.2, 0.25) is 0 Å². The Morgan fingerprint density at radius 3 is 2.73 bits per heavy atom. The van der Waals surface area contributed by atoms with Gasteiger partial charge < -0.3 is 10.4 Å². The van der Waals surface area contributed by atoms with Crippen molar-refractivity contribution in [2.75, 3.05) is 6.61 Å². The molecule has 0 bridgehead atoms. The summed E-state index contributed by atoms with van der Waals surface area (Å²) in [5.41, 5.74) is 0.227. The summed E-state index contributed by atoms with van der Waals surface area (Å²) in [6, 6.07) is 4.23. The highest BCUT2D eigenvalue weighted by Gasteiger charge is 2.35. The molecule has 0 unspecified atom stereocenters.